The molecule has 21 heavy (non-hydrogen) atoms. The van der Waals surface area contributed by atoms with Crippen molar-refractivity contribution < 1.29 is 14.3 Å². The zero-order chi connectivity index (χ0) is 15.2. The molecule has 0 saturated heterocycles. The number of carbonyl (C=O) groups is 2. The van der Waals surface area contributed by atoms with E-state index in [9.17, 15) is 9.59 Å². The van der Waals surface area contributed by atoms with Gasteiger partial charge in [0.1, 0.15) is 0 Å². The van der Waals surface area contributed by atoms with E-state index < -0.39 is 5.97 Å². The van der Waals surface area contributed by atoms with E-state index >= 15 is 0 Å². The van der Waals surface area contributed by atoms with E-state index in [0.29, 0.717) is 6.54 Å². The number of thiophene rings is 1. The van der Waals surface area contributed by atoms with E-state index in [4.69, 9.17) is 10.5 Å². The molecule has 7 nitrogen and oxygen atoms in total. The minimum Gasteiger partial charge on any atom is -0.451 e. The maximum atomic E-state index is 11.9. The van der Waals surface area contributed by atoms with Crippen molar-refractivity contribution in [2.75, 3.05) is 19.4 Å². The van der Waals surface area contributed by atoms with E-state index in [1.165, 1.54) is 17.3 Å². The van der Waals surface area contributed by atoms with Crippen molar-refractivity contribution in [2.24, 2.45) is 0 Å². The predicted octanol–water partition coefficient (Wildman–Crippen LogP) is 0.936. The highest BCUT2D eigenvalue weighted by atomic mass is 32.1. The van der Waals surface area contributed by atoms with Gasteiger partial charge in [-0.2, -0.15) is 0 Å². The Morgan fingerprint density at radius 3 is 2.81 bits per heavy atom. The fraction of sp³-hybridized carbons (Fsp3) is 0.231. The highest BCUT2D eigenvalue weighted by molar-refractivity contribution is 7.09. The van der Waals surface area contributed by atoms with Crippen LogP contribution in [0.15, 0.2) is 29.9 Å². The van der Waals surface area contributed by atoms with Gasteiger partial charge in [-0.25, -0.2) is 14.8 Å². The van der Waals surface area contributed by atoms with Gasteiger partial charge in [0.05, 0.1) is 6.54 Å². The van der Waals surface area contributed by atoms with Crippen LogP contribution in [0.3, 0.4) is 0 Å². The predicted molar refractivity (Wildman–Crippen MR) is 77.5 cm³/mol. The number of hydrogen-bond acceptors (Lipinski definition) is 7. The van der Waals surface area contributed by atoms with Crippen LogP contribution in [0, 0.1) is 0 Å². The van der Waals surface area contributed by atoms with Gasteiger partial charge in [0.2, 0.25) is 0 Å². The smallest absolute Gasteiger partial charge is 0.361 e. The second-order valence-corrected chi connectivity index (χ2v) is 5.23. The lowest BCUT2D eigenvalue weighted by Crippen LogP contribution is -2.30. The molecule has 0 aliphatic heterocycles. The lowest BCUT2D eigenvalue weighted by molar-refractivity contribution is -0.133. The maximum Gasteiger partial charge on any atom is 0.361 e. The number of aromatic nitrogens is 2. The SMILES string of the molecule is CN(Cc1cccs1)C(=O)COC(=O)c1nccnc1N. The van der Waals surface area contributed by atoms with Crippen molar-refractivity contribution in [3.63, 3.8) is 0 Å². The molecule has 2 aromatic heterocycles. The van der Waals surface area contributed by atoms with Crippen LogP contribution < -0.4 is 5.73 Å². The lowest BCUT2D eigenvalue weighted by Gasteiger charge is -2.16. The van der Waals surface area contributed by atoms with Crippen LogP contribution in [0.5, 0.6) is 0 Å². The standard InChI is InChI=1S/C13H14N4O3S/c1-17(7-9-3-2-6-21-9)10(18)8-20-13(19)11-12(14)16-5-4-15-11/h2-6H,7-8H2,1H3,(H2,14,16). The first-order chi connectivity index (χ1) is 10.1. The third-order valence-electron chi connectivity index (χ3n) is 2.65. The largest absolute Gasteiger partial charge is 0.451 e. The number of anilines is 1. The number of esters is 1. The van der Waals surface area contributed by atoms with Gasteiger partial charge in [0.15, 0.2) is 18.1 Å². The molecule has 0 bridgehead atoms. The molecule has 0 aromatic carbocycles. The molecule has 2 aromatic rings. The van der Waals surface area contributed by atoms with E-state index in [-0.39, 0.29) is 24.0 Å². The quantitative estimate of drug-likeness (QED) is 0.825. The summed E-state index contributed by atoms with van der Waals surface area (Å²) in [6.45, 7) is 0.109. The normalized spacial score (nSPS) is 10.1. The fourth-order valence-corrected chi connectivity index (χ4v) is 2.29. The Kier molecular flexibility index (Phi) is 4.83. The number of likely N-dealkylation sites (N-methyl/N-ethyl adjacent to an activating group) is 1. The minimum atomic E-state index is -0.765. The minimum absolute atomic E-state index is 0.0260. The molecule has 110 valence electrons. The molecule has 0 aliphatic rings. The van der Waals surface area contributed by atoms with Crippen LogP contribution >= 0.6 is 11.3 Å². The van der Waals surface area contributed by atoms with Crippen molar-refractivity contribution in [2.45, 2.75) is 6.54 Å². The van der Waals surface area contributed by atoms with Gasteiger partial charge in [-0.3, -0.25) is 4.79 Å². The van der Waals surface area contributed by atoms with Crippen LogP contribution in [0.1, 0.15) is 15.4 Å². The highest BCUT2D eigenvalue weighted by Gasteiger charge is 2.17. The highest BCUT2D eigenvalue weighted by Crippen LogP contribution is 2.11. The molecular weight excluding hydrogens is 292 g/mol. The van der Waals surface area contributed by atoms with Gasteiger partial charge in [-0.1, -0.05) is 6.07 Å². The van der Waals surface area contributed by atoms with Crippen molar-refractivity contribution in [3.05, 3.63) is 40.5 Å². The molecule has 1 amide bonds. The summed E-state index contributed by atoms with van der Waals surface area (Å²) in [6, 6.07) is 3.84. The summed E-state index contributed by atoms with van der Waals surface area (Å²) >= 11 is 1.56. The van der Waals surface area contributed by atoms with Gasteiger partial charge in [-0.05, 0) is 11.4 Å². The molecule has 2 N–H and O–H groups in total. The van der Waals surface area contributed by atoms with Gasteiger partial charge < -0.3 is 15.4 Å². The molecule has 0 aliphatic carbocycles. The molecular formula is C13H14N4O3S. The molecule has 0 saturated carbocycles. The third-order valence-corrected chi connectivity index (χ3v) is 3.51. The summed E-state index contributed by atoms with van der Waals surface area (Å²) in [7, 11) is 1.65. The topological polar surface area (TPSA) is 98.4 Å². The van der Waals surface area contributed by atoms with Crippen molar-refractivity contribution in [1.29, 1.82) is 0 Å². The summed E-state index contributed by atoms with van der Waals surface area (Å²) < 4.78 is 4.90. The number of nitrogens with two attached hydrogens (primary N) is 1. The Bertz CT molecular complexity index is 630. The summed E-state index contributed by atoms with van der Waals surface area (Å²) in [4.78, 5) is 33.7. The Hall–Kier alpha value is -2.48. The summed E-state index contributed by atoms with van der Waals surface area (Å²) in [5, 5.41) is 1.94. The first-order valence-electron chi connectivity index (χ1n) is 6.08. The second-order valence-electron chi connectivity index (χ2n) is 4.20. The monoisotopic (exact) mass is 306 g/mol. The maximum absolute atomic E-state index is 11.9. The van der Waals surface area contributed by atoms with Gasteiger partial charge >= 0.3 is 5.97 Å². The number of nitrogen functional groups attached to an aromatic ring is 1. The molecule has 0 unspecified atom stereocenters. The average Bonchev–Trinajstić information content (AvgIpc) is 2.97. The Morgan fingerprint density at radius 2 is 2.14 bits per heavy atom. The summed E-state index contributed by atoms with van der Waals surface area (Å²) in [5.74, 6) is -1.10. The third kappa shape index (κ3) is 3.99. The molecule has 8 heteroatoms. The summed E-state index contributed by atoms with van der Waals surface area (Å²) in [6.07, 6.45) is 2.70. The first kappa shape index (κ1) is 14.9. The number of rotatable bonds is 5. The van der Waals surface area contributed by atoms with Crippen LogP contribution in [0.4, 0.5) is 5.82 Å². The van der Waals surface area contributed by atoms with Crippen LogP contribution in [0.25, 0.3) is 0 Å². The van der Waals surface area contributed by atoms with Crippen molar-refractivity contribution in [1.82, 2.24) is 14.9 Å². The lowest BCUT2D eigenvalue weighted by atomic mass is 10.4. The first-order valence-corrected chi connectivity index (χ1v) is 6.96. The van der Waals surface area contributed by atoms with Gasteiger partial charge in [-0.15, -0.1) is 11.3 Å². The van der Waals surface area contributed by atoms with Crippen LogP contribution in [0.2, 0.25) is 0 Å². The molecule has 2 rings (SSSR count). The Labute approximate surface area is 125 Å². The van der Waals surface area contributed by atoms with Crippen molar-refractivity contribution >= 4 is 29.0 Å². The number of amides is 1. The van der Waals surface area contributed by atoms with E-state index in [0.717, 1.165) is 4.88 Å². The van der Waals surface area contributed by atoms with E-state index in [2.05, 4.69) is 9.97 Å². The number of hydrogen-bond donors (Lipinski definition) is 1. The molecule has 0 atom stereocenters. The Balaban J connectivity index is 1.86. The second kappa shape index (κ2) is 6.80. The molecule has 0 radical (unpaired) electrons. The zero-order valence-corrected chi connectivity index (χ0v) is 12.2. The van der Waals surface area contributed by atoms with Crippen LogP contribution in [-0.2, 0) is 16.1 Å². The molecule has 2 heterocycles. The van der Waals surface area contributed by atoms with E-state index in [1.807, 2.05) is 17.5 Å². The van der Waals surface area contributed by atoms with Gasteiger partial charge in [0.25, 0.3) is 5.91 Å². The number of carbonyl (C=O) groups excluding carboxylic acids is 2. The number of nitrogens with zero attached hydrogens (tertiary/aromatic N) is 3. The number of ether oxygens (including phenoxy) is 1. The summed E-state index contributed by atoms with van der Waals surface area (Å²) in [5.41, 5.74) is 5.42. The Morgan fingerprint density at radius 1 is 1.38 bits per heavy atom. The fourth-order valence-electron chi connectivity index (χ4n) is 1.54. The zero-order valence-electron chi connectivity index (χ0n) is 11.4. The average molecular weight is 306 g/mol. The van der Waals surface area contributed by atoms with E-state index in [1.54, 1.807) is 18.4 Å². The van der Waals surface area contributed by atoms with Crippen molar-refractivity contribution in [3.8, 4) is 0 Å². The van der Waals surface area contributed by atoms with Crippen LogP contribution in [-0.4, -0.2) is 40.4 Å². The van der Waals surface area contributed by atoms with Gasteiger partial charge in [0, 0.05) is 24.3 Å². The molecule has 0 fully saturated rings. The molecule has 0 spiro atoms.